The van der Waals surface area contributed by atoms with E-state index in [0.717, 1.165) is 33.0 Å². The number of hydrogen-bond acceptors (Lipinski definition) is 3. The molecule has 0 heterocycles. The van der Waals surface area contributed by atoms with E-state index in [1.54, 1.807) is 0 Å². The van der Waals surface area contributed by atoms with Gasteiger partial charge in [0.15, 0.2) is 0 Å². The van der Waals surface area contributed by atoms with E-state index >= 15 is 0 Å². The van der Waals surface area contributed by atoms with Crippen molar-refractivity contribution in [2.45, 2.75) is 6.92 Å². The summed E-state index contributed by atoms with van der Waals surface area (Å²) in [5.41, 5.74) is 1.87. The minimum absolute atomic E-state index is 0.642. The normalized spacial score (nSPS) is 10.8. The molecule has 0 aliphatic carbocycles. The van der Waals surface area contributed by atoms with Crippen LogP contribution in [0.3, 0.4) is 0 Å². The van der Waals surface area contributed by atoms with E-state index in [1.165, 1.54) is 0 Å². The van der Waals surface area contributed by atoms with Gasteiger partial charge in [-0.15, -0.1) is 0 Å². The molecule has 0 aliphatic rings. The first kappa shape index (κ1) is 17.2. The molecular formula is C21H18BrNO2. The van der Waals surface area contributed by atoms with Gasteiger partial charge in [-0.05, 0) is 83.0 Å². The number of rotatable bonds is 6. The number of halogens is 1. The molecule has 0 atom stereocenters. The average molecular weight is 396 g/mol. The molecule has 0 saturated heterocycles. The zero-order valence-corrected chi connectivity index (χ0v) is 15.4. The van der Waals surface area contributed by atoms with Crippen LogP contribution in [0, 0.1) is 0 Å². The molecule has 0 fully saturated rings. The quantitative estimate of drug-likeness (QED) is 0.452. The smallest absolute Gasteiger partial charge is 0.133 e. The minimum atomic E-state index is 0.642. The van der Waals surface area contributed by atoms with E-state index in [0.29, 0.717) is 6.61 Å². The summed E-state index contributed by atoms with van der Waals surface area (Å²) in [5.74, 6) is 2.44. The third kappa shape index (κ3) is 4.94. The van der Waals surface area contributed by atoms with Gasteiger partial charge in [0, 0.05) is 6.21 Å². The highest BCUT2D eigenvalue weighted by molar-refractivity contribution is 9.10. The fourth-order valence-corrected chi connectivity index (χ4v) is 2.75. The summed E-state index contributed by atoms with van der Waals surface area (Å²) in [5, 5.41) is 0. The first-order valence-corrected chi connectivity index (χ1v) is 8.83. The van der Waals surface area contributed by atoms with Crippen LogP contribution in [0.2, 0.25) is 0 Å². The lowest BCUT2D eigenvalue weighted by molar-refractivity contribution is 0.338. The molecular weight excluding hydrogens is 378 g/mol. The maximum absolute atomic E-state index is 5.78. The summed E-state index contributed by atoms with van der Waals surface area (Å²) in [4.78, 5) is 4.50. The predicted octanol–water partition coefficient (Wildman–Crippen LogP) is 6.39. The highest BCUT2D eigenvalue weighted by Crippen LogP contribution is 2.26. The Hall–Kier alpha value is -2.59. The molecule has 0 amide bonds. The lowest BCUT2D eigenvalue weighted by atomic mass is 10.2. The van der Waals surface area contributed by atoms with Crippen molar-refractivity contribution in [2.24, 2.45) is 4.99 Å². The average Bonchev–Trinajstić information content (AvgIpc) is 2.64. The Morgan fingerprint density at radius 1 is 0.920 bits per heavy atom. The molecule has 3 aromatic rings. The molecule has 25 heavy (non-hydrogen) atoms. The van der Waals surface area contributed by atoms with Gasteiger partial charge < -0.3 is 9.47 Å². The van der Waals surface area contributed by atoms with Crippen LogP contribution in [-0.2, 0) is 0 Å². The van der Waals surface area contributed by atoms with Gasteiger partial charge in [-0.25, -0.2) is 0 Å². The zero-order valence-electron chi connectivity index (χ0n) is 13.9. The van der Waals surface area contributed by atoms with E-state index in [2.05, 4.69) is 20.9 Å². The Balaban J connectivity index is 1.66. The number of ether oxygens (including phenoxy) is 2. The molecule has 0 saturated carbocycles. The van der Waals surface area contributed by atoms with E-state index in [4.69, 9.17) is 9.47 Å². The number of benzene rings is 3. The standard InChI is InChI=1S/C21H18BrNO2/c1-2-24-21-13-8-16(14-20(21)22)15-23-17-9-11-19(12-10-17)25-18-6-4-3-5-7-18/h3-15H,2H2,1H3. The molecule has 126 valence electrons. The number of hydrogen-bond donors (Lipinski definition) is 0. The second-order valence-corrected chi connectivity index (χ2v) is 6.14. The number of para-hydroxylation sites is 1. The highest BCUT2D eigenvalue weighted by Gasteiger charge is 2.01. The van der Waals surface area contributed by atoms with E-state index < -0.39 is 0 Å². The molecule has 3 nitrogen and oxygen atoms in total. The van der Waals surface area contributed by atoms with E-state index in [1.807, 2.05) is 85.9 Å². The van der Waals surface area contributed by atoms with Crippen LogP contribution >= 0.6 is 15.9 Å². The maximum atomic E-state index is 5.78. The van der Waals surface area contributed by atoms with Crippen LogP contribution in [-0.4, -0.2) is 12.8 Å². The van der Waals surface area contributed by atoms with Crippen molar-refractivity contribution < 1.29 is 9.47 Å². The van der Waals surface area contributed by atoms with Crippen LogP contribution < -0.4 is 9.47 Å². The lowest BCUT2D eigenvalue weighted by Gasteiger charge is -2.06. The van der Waals surface area contributed by atoms with Crippen molar-refractivity contribution in [2.75, 3.05) is 6.61 Å². The van der Waals surface area contributed by atoms with Gasteiger partial charge in [0.1, 0.15) is 17.2 Å². The molecule has 0 aliphatic heterocycles. The summed E-state index contributed by atoms with van der Waals surface area (Å²) in [6, 6.07) is 23.3. The third-order valence-electron chi connectivity index (χ3n) is 3.43. The first-order valence-electron chi connectivity index (χ1n) is 8.04. The second kappa shape index (κ2) is 8.49. The number of nitrogens with zero attached hydrogens (tertiary/aromatic N) is 1. The van der Waals surface area contributed by atoms with Crippen LogP contribution in [0.5, 0.6) is 17.2 Å². The van der Waals surface area contributed by atoms with E-state index in [9.17, 15) is 0 Å². The van der Waals surface area contributed by atoms with Crippen molar-refractivity contribution in [1.82, 2.24) is 0 Å². The van der Waals surface area contributed by atoms with Gasteiger partial charge in [-0.1, -0.05) is 18.2 Å². The number of aliphatic imine (C=N–C) groups is 1. The Kier molecular flexibility index (Phi) is 5.86. The monoisotopic (exact) mass is 395 g/mol. The largest absolute Gasteiger partial charge is 0.493 e. The van der Waals surface area contributed by atoms with Crippen LogP contribution in [0.1, 0.15) is 12.5 Å². The van der Waals surface area contributed by atoms with Gasteiger partial charge in [-0.3, -0.25) is 4.99 Å². The van der Waals surface area contributed by atoms with Crippen molar-refractivity contribution in [3.05, 3.63) is 82.8 Å². The van der Waals surface area contributed by atoms with E-state index in [-0.39, 0.29) is 0 Å². The highest BCUT2D eigenvalue weighted by atomic mass is 79.9. The Bertz CT molecular complexity index is 846. The summed E-state index contributed by atoms with van der Waals surface area (Å²) < 4.78 is 12.2. The zero-order chi connectivity index (χ0) is 17.5. The van der Waals surface area contributed by atoms with Crippen molar-refractivity contribution in [1.29, 1.82) is 0 Å². The van der Waals surface area contributed by atoms with Crippen molar-refractivity contribution >= 4 is 27.8 Å². The minimum Gasteiger partial charge on any atom is -0.493 e. The molecule has 0 aromatic heterocycles. The Morgan fingerprint density at radius 3 is 2.32 bits per heavy atom. The Labute approximate surface area is 156 Å². The molecule has 0 spiro atoms. The maximum Gasteiger partial charge on any atom is 0.133 e. The Morgan fingerprint density at radius 2 is 1.64 bits per heavy atom. The lowest BCUT2D eigenvalue weighted by Crippen LogP contribution is -1.93. The van der Waals surface area contributed by atoms with Crippen molar-refractivity contribution in [3.63, 3.8) is 0 Å². The molecule has 3 rings (SSSR count). The summed E-state index contributed by atoms with van der Waals surface area (Å²) >= 11 is 3.51. The third-order valence-corrected chi connectivity index (χ3v) is 4.05. The van der Waals surface area contributed by atoms with Crippen LogP contribution in [0.25, 0.3) is 0 Å². The second-order valence-electron chi connectivity index (χ2n) is 5.29. The fourth-order valence-electron chi connectivity index (χ4n) is 2.24. The summed E-state index contributed by atoms with van der Waals surface area (Å²) in [6.07, 6.45) is 1.83. The van der Waals surface area contributed by atoms with Gasteiger partial charge in [0.2, 0.25) is 0 Å². The van der Waals surface area contributed by atoms with Crippen LogP contribution in [0.15, 0.2) is 82.3 Å². The molecule has 0 bridgehead atoms. The predicted molar refractivity (Wildman–Crippen MR) is 106 cm³/mol. The fraction of sp³-hybridized carbons (Fsp3) is 0.0952. The van der Waals surface area contributed by atoms with Crippen LogP contribution in [0.4, 0.5) is 5.69 Å². The van der Waals surface area contributed by atoms with Crippen molar-refractivity contribution in [3.8, 4) is 17.2 Å². The van der Waals surface area contributed by atoms with Gasteiger partial charge in [0.25, 0.3) is 0 Å². The van der Waals surface area contributed by atoms with Gasteiger partial charge >= 0.3 is 0 Å². The molecule has 4 heteroatoms. The SMILES string of the molecule is CCOc1ccc(C=Nc2ccc(Oc3ccccc3)cc2)cc1Br. The molecule has 0 unspecified atom stereocenters. The first-order chi connectivity index (χ1) is 12.2. The molecule has 0 radical (unpaired) electrons. The topological polar surface area (TPSA) is 30.8 Å². The molecule has 3 aromatic carbocycles. The van der Waals surface area contributed by atoms with Gasteiger partial charge in [-0.2, -0.15) is 0 Å². The van der Waals surface area contributed by atoms with Gasteiger partial charge in [0.05, 0.1) is 16.8 Å². The molecule has 0 N–H and O–H groups in total. The summed E-state index contributed by atoms with van der Waals surface area (Å²) in [7, 11) is 0. The summed E-state index contributed by atoms with van der Waals surface area (Å²) in [6.45, 7) is 2.61.